The number of aliphatic hydroxyl groups excluding tert-OH is 1. The summed E-state index contributed by atoms with van der Waals surface area (Å²) in [5.74, 6) is -3.09. The third kappa shape index (κ3) is 4.49. The van der Waals surface area contributed by atoms with Crippen LogP contribution in [0.15, 0.2) is 36.4 Å². The smallest absolute Gasteiger partial charge is 0.251 e. The van der Waals surface area contributed by atoms with Crippen molar-refractivity contribution in [2.24, 2.45) is 0 Å². The number of carbonyl (C=O) groups excluding carboxylic acids is 1. The average Bonchev–Trinajstić information content (AvgIpc) is 2.69. The van der Waals surface area contributed by atoms with E-state index in [9.17, 15) is 23.2 Å². The first-order valence-corrected chi connectivity index (χ1v) is 12.1. The quantitative estimate of drug-likeness (QED) is 0.488. The van der Waals surface area contributed by atoms with Gasteiger partial charge >= 0.3 is 0 Å². The van der Waals surface area contributed by atoms with Crippen LogP contribution in [0.3, 0.4) is 0 Å². The minimum atomic E-state index is -1.73. The largest absolute Gasteiger partial charge is 0.598 e. The summed E-state index contributed by atoms with van der Waals surface area (Å²) in [7, 11) is 0. The van der Waals surface area contributed by atoms with Gasteiger partial charge in [0, 0.05) is 41.9 Å². The van der Waals surface area contributed by atoms with Crippen LogP contribution in [-0.2, 0) is 22.6 Å². The number of nitrogens with zero attached hydrogens (tertiary/aromatic N) is 1. The molecule has 0 radical (unpaired) electrons. The SMILES string of the molecule is C[C@@H](O)C(=O)N1C2CC(F)(C2)C(N[S+](C)[O-])C1Cc1cccc(-c2cc(F)cc(F)c2)c1F. The van der Waals surface area contributed by atoms with E-state index < -0.39 is 64.6 Å². The van der Waals surface area contributed by atoms with Crippen molar-refractivity contribution in [3.63, 3.8) is 0 Å². The van der Waals surface area contributed by atoms with E-state index in [1.165, 1.54) is 36.3 Å². The Labute approximate surface area is 192 Å². The van der Waals surface area contributed by atoms with Crippen molar-refractivity contribution < 1.29 is 32.0 Å². The van der Waals surface area contributed by atoms with Crippen molar-refractivity contribution in [2.75, 3.05) is 6.26 Å². The van der Waals surface area contributed by atoms with Gasteiger partial charge in [0.2, 0.25) is 0 Å². The summed E-state index contributed by atoms with van der Waals surface area (Å²) in [5.41, 5.74) is -1.67. The second-order valence-electron chi connectivity index (χ2n) is 8.78. The van der Waals surface area contributed by atoms with E-state index in [1.807, 2.05) is 0 Å². The first-order valence-electron chi connectivity index (χ1n) is 10.5. The number of amides is 1. The van der Waals surface area contributed by atoms with Crippen molar-refractivity contribution in [3.8, 4) is 11.1 Å². The molecule has 4 atom stereocenters. The molecular formula is C23H24F4N2O3S. The molecule has 2 N–H and O–H groups in total. The first-order chi connectivity index (χ1) is 15.5. The molecule has 5 nitrogen and oxygen atoms in total. The number of halogens is 4. The first kappa shape index (κ1) is 24.0. The van der Waals surface area contributed by atoms with Crippen LogP contribution < -0.4 is 4.72 Å². The Morgan fingerprint density at radius 2 is 1.91 bits per heavy atom. The summed E-state index contributed by atoms with van der Waals surface area (Å²) < 4.78 is 73.0. The fraction of sp³-hybridized carbons (Fsp3) is 0.435. The van der Waals surface area contributed by atoms with Crippen LogP contribution in [0.2, 0.25) is 0 Å². The van der Waals surface area contributed by atoms with Gasteiger partial charge in [-0.2, -0.15) is 0 Å². The van der Waals surface area contributed by atoms with Crippen molar-refractivity contribution in [3.05, 3.63) is 59.4 Å². The van der Waals surface area contributed by atoms with Gasteiger partial charge in [-0.15, -0.1) is 4.72 Å². The molecule has 0 spiro atoms. The van der Waals surface area contributed by atoms with Crippen LogP contribution >= 0.6 is 0 Å². The number of nitrogens with one attached hydrogen (secondary N) is 1. The molecule has 2 aromatic carbocycles. The molecule has 3 aliphatic rings. The normalized spacial score (nSPS) is 28.2. The lowest BCUT2D eigenvalue weighted by molar-refractivity contribution is -0.174. The van der Waals surface area contributed by atoms with E-state index >= 15 is 8.78 Å². The number of fused-ring (bicyclic) bond motifs is 2. The van der Waals surface area contributed by atoms with Gasteiger partial charge in [0.05, 0.1) is 6.04 Å². The van der Waals surface area contributed by atoms with Gasteiger partial charge in [0.15, 0.2) is 0 Å². The van der Waals surface area contributed by atoms with E-state index in [0.29, 0.717) is 6.07 Å². The number of benzene rings is 2. The zero-order valence-corrected chi connectivity index (χ0v) is 18.8. The highest BCUT2D eigenvalue weighted by molar-refractivity contribution is 7.88. The zero-order valence-electron chi connectivity index (χ0n) is 18.0. The highest BCUT2D eigenvalue weighted by atomic mass is 32.2. The van der Waals surface area contributed by atoms with Gasteiger partial charge in [-0.05, 0) is 36.6 Å². The number of rotatable bonds is 6. The van der Waals surface area contributed by atoms with Crippen molar-refractivity contribution >= 4 is 17.3 Å². The molecule has 1 amide bonds. The molecule has 3 fully saturated rings. The lowest BCUT2D eigenvalue weighted by Gasteiger charge is -2.60. The lowest BCUT2D eigenvalue weighted by Crippen LogP contribution is -2.77. The average molecular weight is 485 g/mol. The maximum absolute atomic E-state index is 15.5. The molecule has 1 saturated carbocycles. The molecule has 3 unspecified atom stereocenters. The molecule has 178 valence electrons. The van der Waals surface area contributed by atoms with Crippen molar-refractivity contribution in [2.45, 2.75) is 56.1 Å². The van der Waals surface area contributed by atoms with Crippen molar-refractivity contribution in [1.29, 1.82) is 0 Å². The predicted molar refractivity (Wildman–Crippen MR) is 116 cm³/mol. The van der Waals surface area contributed by atoms with Crippen LogP contribution in [0.4, 0.5) is 17.6 Å². The molecule has 2 bridgehead atoms. The highest BCUT2D eigenvalue weighted by Gasteiger charge is 2.64. The van der Waals surface area contributed by atoms with E-state index in [0.717, 1.165) is 12.1 Å². The number of aliphatic hydroxyl groups is 1. The minimum absolute atomic E-state index is 0.00144. The van der Waals surface area contributed by atoms with E-state index in [2.05, 4.69) is 4.72 Å². The van der Waals surface area contributed by atoms with Crippen molar-refractivity contribution in [1.82, 2.24) is 9.62 Å². The van der Waals surface area contributed by atoms with Gasteiger partial charge < -0.3 is 14.6 Å². The summed E-state index contributed by atoms with van der Waals surface area (Å²) in [6, 6.07) is 4.58. The number of hydrogen-bond acceptors (Lipinski definition) is 4. The minimum Gasteiger partial charge on any atom is -0.598 e. The number of hydrogen-bond donors (Lipinski definition) is 2. The second kappa shape index (κ2) is 8.90. The molecule has 0 aromatic heterocycles. The maximum Gasteiger partial charge on any atom is 0.251 e. The van der Waals surface area contributed by atoms with Gasteiger partial charge in [-0.3, -0.25) is 4.79 Å². The number of piperidine rings is 2. The summed E-state index contributed by atoms with van der Waals surface area (Å²) in [6.45, 7) is 1.30. The molecule has 33 heavy (non-hydrogen) atoms. The van der Waals surface area contributed by atoms with Crippen LogP contribution in [0.1, 0.15) is 25.3 Å². The Morgan fingerprint density at radius 3 is 2.48 bits per heavy atom. The molecule has 1 aliphatic carbocycles. The lowest BCUT2D eigenvalue weighted by atomic mass is 9.64. The topological polar surface area (TPSA) is 75.6 Å². The summed E-state index contributed by atoms with van der Waals surface area (Å²) in [5, 5.41) is 9.91. The molecule has 2 heterocycles. The van der Waals surface area contributed by atoms with Crippen LogP contribution in [0, 0.1) is 17.5 Å². The predicted octanol–water partition coefficient (Wildman–Crippen LogP) is 3.03. The Bertz CT molecular complexity index is 1040. The van der Waals surface area contributed by atoms with Crippen LogP contribution in [0.25, 0.3) is 11.1 Å². The van der Waals surface area contributed by atoms with Gasteiger partial charge in [0.25, 0.3) is 5.91 Å². The standard InChI is InChI=1S/C23H24F4N2O3S/c1-12(30)22(31)29-17-10-23(27,11-17)21(28-33(2)32)19(29)8-13-4-3-5-18(20(13)26)14-6-15(24)9-16(25)7-14/h3-7,9,12,17,19,21,28,30H,8,10-11H2,1-2H3/t12-,17?,19?,21?,23?,33?/m1/s1. The number of carbonyl (C=O) groups is 1. The summed E-state index contributed by atoms with van der Waals surface area (Å²) in [6.07, 6.45) is -0.0953. The van der Waals surface area contributed by atoms with Gasteiger partial charge in [-0.25, -0.2) is 17.6 Å². The molecule has 2 saturated heterocycles. The molecule has 10 heteroatoms. The second-order valence-corrected chi connectivity index (χ2v) is 9.92. The van der Waals surface area contributed by atoms with Crippen LogP contribution in [0.5, 0.6) is 0 Å². The van der Waals surface area contributed by atoms with E-state index in [1.54, 1.807) is 0 Å². The Hall–Kier alpha value is -2.14. The molecular weight excluding hydrogens is 460 g/mol. The van der Waals surface area contributed by atoms with Gasteiger partial charge in [0.1, 0.15) is 41.5 Å². The Balaban J connectivity index is 1.73. The molecule has 2 aromatic rings. The summed E-state index contributed by atoms with van der Waals surface area (Å²) in [4.78, 5) is 14.2. The zero-order chi connectivity index (χ0) is 24.1. The third-order valence-corrected chi connectivity index (χ3v) is 7.01. The maximum atomic E-state index is 15.5. The summed E-state index contributed by atoms with van der Waals surface area (Å²) >= 11 is -1.61. The molecule has 5 rings (SSSR count). The number of alkyl halides is 1. The van der Waals surface area contributed by atoms with E-state index in [4.69, 9.17) is 0 Å². The fourth-order valence-electron chi connectivity index (χ4n) is 4.98. The Morgan fingerprint density at radius 1 is 1.27 bits per heavy atom. The third-order valence-electron chi connectivity index (χ3n) is 6.43. The van der Waals surface area contributed by atoms with Gasteiger partial charge in [-0.1, -0.05) is 18.2 Å². The fourth-order valence-corrected chi connectivity index (χ4v) is 5.71. The molecule has 2 aliphatic heterocycles. The van der Waals surface area contributed by atoms with E-state index in [-0.39, 0.29) is 36.0 Å². The monoisotopic (exact) mass is 484 g/mol. The highest BCUT2D eigenvalue weighted by Crippen LogP contribution is 2.50. The Kier molecular flexibility index (Phi) is 6.47. The van der Waals surface area contributed by atoms with Crippen LogP contribution in [-0.4, -0.2) is 56.6 Å².